The number of nitrogens with zero attached hydrogens (tertiary/aromatic N) is 1. The summed E-state index contributed by atoms with van der Waals surface area (Å²) < 4.78 is 21.5. The molecule has 30 heavy (non-hydrogen) atoms. The van der Waals surface area contributed by atoms with E-state index in [1.54, 1.807) is 36.4 Å². The highest BCUT2D eigenvalue weighted by Gasteiger charge is 2.12. The van der Waals surface area contributed by atoms with Crippen molar-refractivity contribution in [1.82, 2.24) is 5.43 Å². The zero-order chi connectivity index (χ0) is 21.5. The minimum Gasteiger partial charge on any atom is -0.494 e. The molecule has 0 saturated carbocycles. The molecule has 1 heterocycles. The molecule has 1 amide bonds. The summed E-state index contributed by atoms with van der Waals surface area (Å²) in [7, 11) is 1.29. The minimum atomic E-state index is -0.477. The van der Waals surface area contributed by atoms with Gasteiger partial charge >= 0.3 is 11.9 Å². The maximum absolute atomic E-state index is 12.3. The second kappa shape index (κ2) is 9.93. The van der Waals surface area contributed by atoms with E-state index < -0.39 is 11.9 Å². The lowest BCUT2D eigenvalue weighted by molar-refractivity contribution is -0.142. The number of carbonyl (C=O) groups excluding carboxylic acids is 2. The monoisotopic (exact) mass is 474 g/mol. The van der Waals surface area contributed by atoms with E-state index in [-0.39, 0.29) is 12.4 Å². The molecule has 156 valence electrons. The summed E-state index contributed by atoms with van der Waals surface area (Å²) in [6.45, 7) is 2.26. The Kier molecular flexibility index (Phi) is 7.08. The quantitative estimate of drug-likeness (QED) is 0.301. The van der Waals surface area contributed by atoms with E-state index in [2.05, 4.69) is 31.2 Å². The van der Waals surface area contributed by atoms with Gasteiger partial charge in [0.1, 0.15) is 17.1 Å². The zero-order valence-corrected chi connectivity index (χ0v) is 17.9. The van der Waals surface area contributed by atoms with Crippen LogP contribution >= 0.6 is 15.9 Å². The fourth-order valence-electron chi connectivity index (χ4n) is 2.52. The van der Waals surface area contributed by atoms with Crippen molar-refractivity contribution >= 4 is 45.0 Å². The van der Waals surface area contributed by atoms with Crippen molar-refractivity contribution in [3.8, 4) is 11.5 Å². The van der Waals surface area contributed by atoms with Gasteiger partial charge in [-0.05, 0) is 70.9 Å². The third kappa shape index (κ3) is 5.38. The van der Waals surface area contributed by atoms with Crippen LogP contribution in [0.1, 0.15) is 23.0 Å². The van der Waals surface area contributed by atoms with E-state index in [9.17, 15) is 9.59 Å². The molecule has 3 rings (SSSR count). The number of methoxy groups -OCH3 is 1. The highest BCUT2D eigenvalue weighted by Crippen LogP contribution is 2.26. The molecule has 8 nitrogen and oxygen atoms in total. The average Bonchev–Trinajstić information content (AvgIpc) is 3.16. The molecule has 0 unspecified atom stereocenters. The third-order valence-corrected chi connectivity index (χ3v) is 4.55. The first-order chi connectivity index (χ1) is 14.5. The Hall–Kier alpha value is -3.33. The summed E-state index contributed by atoms with van der Waals surface area (Å²) in [6.07, 6.45) is 1.47. The molecule has 0 fully saturated rings. The third-order valence-electron chi connectivity index (χ3n) is 3.93. The molecule has 9 heteroatoms. The van der Waals surface area contributed by atoms with Crippen LogP contribution in [0.3, 0.4) is 0 Å². The van der Waals surface area contributed by atoms with Crippen molar-refractivity contribution in [2.24, 2.45) is 5.10 Å². The summed E-state index contributed by atoms with van der Waals surface area (Å²) in [5, 5.41) is 4.71. The Morgan fingerprint density at radius 3 is 2.73 bits per heavy atom. The predicted molar refractivity (Wildman–Crippen MR) is 114 cm³/mol. The molecule has 1 aromatic heterocycles. The Balaban J connectivity index is 1.62. The molecule has 0 atom stereocenters. The predicted octanol–water partition coefficient (Wildman–Crippen LogP) is 3.91. The molecule has 2 aromatic carbocycles. The molecule has 0 aliphatic rings. The SMILES string of the molecule is CCOc1ccc2oc(C(=O)N/N=C/c3ccc(OCC(=O)OC)c(Br)c3)cc2c1. The maximum Gasteiger partial charge on any atom is 0.343 e. The summed E-state index contributed by atoms with van der Waals surface area (Å²) in [5.41, 5.74) is 3.72. The first kappa shape index (κ1) is 21.4. The van der Waals surface area contributed by atoms with Gasteiger partial charge in [-0.15, -0.1) is 0 Å². The lowest BCUT2D eigenvalue weighted by Gasteiger charge is -2.07. The van der Waals surface area contributed by atoms with E-state index in [1.807, 2.05) is 13.0 Å². The number of ether oxygens (including phenoxy) is 3. The number of nitrogens with one attached hydrogen (secondary N) is 1. The minimum absolute atomic E-state index is 0.142. The number of halogens is 1. The van der Waals surface area contributed by atoms with Crippen molar-refractivity contribution in [1.29, 1.82) is 0 Å². The Labute approximate surface area is 180 Å². The van der Waals surface area contributed by atoms with Crippen LogP contribution in [0.2, 0.25) is 0 Å². The smallest absolute Gasteiger partial charge is 0.343 e. The Morgan fingerprint density at radius 2 is 2.00 bits per heavy atom. The molecule has 0 aliphatic heterocycles. The van der Waals surface area contributed by atoms with Crippen LogP contribution in [0, 0.1) is 0 Å². The number of hydrogen-bond donors (Lipinski definition) is 1. The van der Waals surface area contributed by atoms with Gasteiger partial charge in [0.15, 0.2) is 12.4 Å². The fraction of sp³-hybridized carbons (Fsp3) is 0.190. The average molecular weight is 475 g/mol. The normalized spacial score (nSPS) is 10.9. The summed E-state index contributed by atoms with van der Waals surface area (Å²) in [5.74, 6) is 0.381. The van der Waals surface area contributed by atoms with Crippen molar-refractivity contribution in [3.63, 3.8) is 0 Å². The van der Waals surface area contributed by atoms with E-state index in [4.69, 9.17) is 13.9 Å². The molecule has 0 spiro atoms. The van der Waals surface area contributed by atoms with Crippen LogP contribution in [-0.4, -0.2) is 38.4 Å². The van der Waals surface area contributed by atoms with Gasteiger partial charge in [-0.25, -0.2) is 10.2 Å². The van der Waals surface area contributed by atoms with E-state index in [0.29, 0.717) is 33.7 Å². The number of amides is 1. The molecule has 0 bridgehead atoms. The molecular formula is C21H19BrN2O6. The summed E-state index contributed by atoms with van der Waals surface area (Å²) in [4.78, 5) is 23.4. The van der Waals surface area contributed by atoms with Gasteiger partial charge < -0.3 is 18.6 Å². The Morgan fingerprint density at radius 1 is 1.17 bits per heavy atom. The molecule has 1 N–H and O–H groups in total. The second-order valence-corrected chi connectivity index (χ2v) is 6.85. The molecule has 3 aromatic rings. The van der Waals surface area contributed by atoms with Gasteiger partial charge in [-0.2, -0.15) is 5.10 Å². The fourth-order valence-corrected chi connectivity index (χ4v) is 3.03. The lowest BCUT2D eigenvalue weighted by Crippen LogP contribution is -2.16. The van der Waals surface area contributed by atoms with Gasteiger partial charge in [0.25, 0.3) is 0 Å². The molecule has 0 aliphatic carbocycles. The summed E-state index contributed by atoms with van der Waals surface area (Å²) in [6, 6.07) is 12.1. The number of hydrazone groups is 1. The molecular weight excluding hydrogens is 456 g/mol. The van der Waals surface area contributed by atoms with Crippen molar-refractivity contribution in [2.75, 3.05) is 20.3 Å². The van der Waals surface area contributed by atoms with Gasteiger partial charge in [0.2, 0.25) is 0 Å². The molecule has 0 radical (unpaired) electrons. The standard InChI is InChI=1S/C21H19BrN2O6/c1-3-28-15-5-7-17-14(9-15)10-19(30-17)21(26)24-23-11-13-4-6-18(16(22)8-13)29-12-20(25)27-2/h4-11H,3,12H2,1-2H3,(H,24,26)/b23-11+. The van der Waals surface area contributed by atoms with Gasteiger partial charge in [0, 0.05) is 5.39 Å². The van der Waals surface area contributed by atoms with Crippen LogP contribution < -0.4 is 14.9 Å². The molecule has 0 saturated heterocycles. The van der Waals surface area contributed by atoms with Crippen molar-refractivity contribution in [3.05, 3.63) is 58.3 Å². The lowest BCUT2D eigenvalue weighted by atomic mass is 10.2. The van der Waals surface area contributed by atoms with Crippen molar-refractivity contribution in [2.45, 2.75) is 6.92 Å². The van der Waals surface area contributed by atoms with Crippen molar-refractivity contribution < 1.29 is 28.2 Å². The highest BCUT2D eigenvalue weighted by atomic mass is 79.9. The van der Waals surface area contributed by atoms with Gasteiger partial charge in [-0.3, -0.25) is 4.79 Å². The maximum atomic E-state index is 12.3. The first-order valence-corrected chi connectivity index (χ1v) is 9.78. The van der Waals surface area contributed by atoms with Crippen LogP contribution in [0.15, 0.2) is 56.5 Å². The van der Waals surface area contributed by atoms with Gasteiger partial charge in [0.05, 0.1) is 24.4 Å². The van der Waals surface area contributed by atoms with Crippen LogP contribution in [0.4, 0.5) is 0 Å². The number of furan rings is 1. The van der Waals surface area contributed by atoms with Gasteiger partial charge in [-0.1, -0.05) is 0 Å². The number of esters is 1. The topological polar surface area (TPSA) is 99.4 Å². The second-order valence-electron chi connectivity index (χ2n) is 6.00. The zero-order valence-electron chi connectivity index (χ0n) is 16.3. The highest BCUT2D eigenvalue weighted by molar-refractivity contribution is 9.10. The number of carbonyl (C=O) groups is 2. The first-order valence-electron chi connectivity index (χ1n) is 8.99. The number of fused-ring (bicyclic) bond motifs is 1. The number of hydrogen-bond acceptors (Lipinski definition) is 7. The Bertz CT molecular complexity index is 1090. The van der Waals surface area contributed by atoms with E-state index in [0.717, 1.165) is 5.39 Å². The van der Waals surface area contributed by atoms with Crippen LogP contribution in [0.5, 0.6) is 11.5 Å². The largest absolute Gasteiger partial charge is 0.494 e. The number of benzene rings is 2. The summed E-state index contributed by atoms with van der Waals surface area (Å²) >= 11 is 3.36. The van der Waals surface area contributed by atoms with Crippen LogP contribution in [0.25, 0.3) is 11.0 Å². The van der Waals surface area contributed by atoms with E-state index in [1.165, 1.54) is 13.3 Å². The van der Waals surface area contributed by atoms with E-state index >= 15 is 0 Å². The van der Waals surface area contributed by atoms with Crippen LogP contribution in [-0.2, 0) is 9.53 Å². The number of rotatable bonds is 8.